The molecular weight excluding hydrogens is 438 g/mol. The molecule has 9 nitrogen and oxygen atoms in total. The summed E-state index contributed by atoms with van der Waals surface area (Å²) in [6, 6.07) is 10.6. The van der Waals surface area contributed by atoms with Crippen LogP contribution in [-0.2, 0) is 14.6 Å². The predicted molar refractivity (Wildman–Crippen MR) is 119 cm³/mol. The van der Waals surface area contributed by atoms with Gasteiger partial charge >= 0.3 is 0 Å². The van der Waals surface area contributed by atoms with E-state index in [1.54, 1.807) is 41.8 Å². The summed E-state index contributed by atoms with van der Waals surface area (Å²) in [5, 5.41) is 3.60. The summed E-state index contributed by atoms with van der Waals surface area (Å²) < 4.78 is 31.9. The van der Waals surface area contributed by atoms with E-state index in [2.05, 4.69) is 20.2 Å². The van der Waals surface area contributed by atoms with Crippen LogP contribution in [0.4, 0.5) is 10.8 Å². The molecule has 1 fully saturated rings. The lowest BCUT2D eigenvalue weighted by atomic mass is 10.2. The first-order valence-corrected chi connectivity index (χ1v) is 12.3. The molecule has 1 amide bonds. The first kappa shape index (κ1) is 19.9. The molecule has 0 radical (unpaired) electrons. The van der Waals surface area contributed by atoms with Crippen LogP contribution in [0.15, 0.2) is 47.8 Å². The summed E-state index contributed by atoms with van der Waals surface area (Å²) in [6.07, 6.45) is 2.65. The fourth-order valence-electron chi connectivity index (χ4n) is 3.51. The number of anilines is 2. The summed E-state index contributed by atoms with van der Waals surface area (Å²) in [5.41, 5.74) is 1.93. The number of amides is 1. The van der Waals surface area contributed by atoms with E-state index in [0.29, 0.717) is 24.4 Å². The number of pyridine rings is 1. The van der Waals surface area contributed by atoms with Gasteiger partial charge in [0.1, 0.15) is 0 Å². The van der Waals surface area contributed by atoms with Gasteiger partial charge in [0, 0.05) is 31.2 Å². The Balaban J connectivity index is 1.45. The second-order valence-corrected chi connectivity index (χ2v) is 10.1. The van der Waals surface area contributed by atoms with Crippen LogP contribution in [0.5, 0.6) is 0 Å². The molecule has 0 saturated carbocycles. The maximum Gasteiger partial charge on any atom is 0.276 e. The third-order valence-corrected chi connectivity index (χ3v) is 7.01. The minimum atomic E-state index is -3.60. The number of morpholine rings is 1. The fraction of sp³-hybridized carbons (Fsp3) is 0.250. The van der Waals surface area contributed by atoms with E-state index in [1.807, 2.05) is 12.1 Å². The standard InChI is InChI=1S/C20H19N5O4S2/c1-31(27,28)20-23-17(15-4-2-3-7-25(15)20)18(26)21-13-5-6-14-16(12-13)30-19(22-14)24-8-10-29-11-9-24/h2-7,12H,8-11H2,1H3,(H,21,26). The summed E-state index contributed by atoms with van der Waals surface area (Å²) in [5.74, 6) is -0.476. The number of thiazole rings is 1. The highest BCUT2D eigenvalue weighted by atomic mass is 32.2. The van der Waals surface area contributed by atoms with Gasteiger partial charge in [0.2, 0.25) is 15.0 Å². The quantitative estimate of drug-likeness (QED) is 0.502. The zero-order chi connectivity index (χ0) is 21.6. The minimum Gasteiger partial charge on any atom is -0.378 e. The van der Waals surface area contributed by atoms with Gasteiger partial charge in [0.15, 0.2) is 10.8 Å². The van der Waals surface area contributed by atoms with E-state index < -0.39 is 15.7 Å². The normalized spacial score (nSPS) is 14.9. The van der Waals surface area contributed by atoms with Crippen LogP contribution in [0.25, 0.3) is 15.7 Å². The van der Waals surface area contributed by atoms with Crippen LogP contribution in [0.2, 0.25) is 0 Å². The van der Waals surface area contributed by atoms with E-state index in [9.17, 15) is 13.2 Å². The van der Waals surface area contributed by atoms with Gasteiger partial charge in [-0.2, -0.15) is 0 Å². The molecule has 31 heavy (non-hydrogen) atoms. The van der Waals surface area contributed by atoms with Gasteiger partial charge < -0.3 is 15.0 Å². The molecule has 1 N–H and O–H groups in total. The number of sulfone groups is 1. The minimum absolute atomic E-state index is 0.0550. The number of rotatable bonds is 4. The number of fused-ring (bicyclic) bond motifs is 2. The molecule has 1 aliphatic heterocycles. The number of nitrogens with zero attached hydrogens (tertiary/aromatic N) is 4. The van der Waals surface area contributed by atoms with Gasteiger partial charge in [0.25, 0.3) is 5.91 Å². The van der Waals surface area contributed by atoms with Gasteiger partial charge in [-0.05, 0) is 30.3 Å². The Labute approximate surface area is 182 Å². The average molecular weight is 458 g/mol. The molecule has 0 aliphatic carbocycles. The SMILES string of the molecule is CS(=O)(=O)c1nc(C(=O)Nc2ccc3nc(N4CCOCC4)sc3c2)c2ccccn12. The first-order chi connectivity index (χ1) is 14.9. The highest BCUT2D eigenvalue weighted by Crippen LogP contribution is 2.31. The Kier molecular flexibility index (Phi) is 4.88. The maximum absolute atomic E-state index is 12.9. The topological polar surface area (TPSA) is 106 Å². The van der Waals surface area contributed by atoms with Gasteiger partial charge in [-0.15, -0.1) is 0 Å². The molecule has 4 aromatic rings. The number of hydrogen-bond donors (Lipinski definition) is 1. The molecule has 0 atom stereocenters. The number of hydrogen-bond acceptors (Lipinski definition) is 8. The molecule has 0 bridgehead atoms. The lowest BCUT2D eigenvalue weighted by Crippen LogP contribution is -2.36. The molecule has 0 spiro atoms. The van der Waals surface area contributed by atoms with Crippen LogP contribution < -0.4 is 10.2 Å². The smallest absolute Gasteiger partial charge is 0.276 e. The van der Waals surface area contributed by atoms with Crippen molar-refractivity contribution in [1.82, 2.24) is 14.4 Å². The zero-order valence-corrected chi connectivity index (χ0v) is 18.2. The van der Waals surface area contributed by atoms with E-state index >= 15 is 0 Å². The second kappa shape index (κ2) is 7.59. The molecule has 1 saturated heterocycles. The summed E-state index contributed by atoms with van der Waals surface area (Å²) in [7, 11) is -3.60. The molecule has 4 heterocycles. The number of imidazole rings is 1. The van der Waals surface area contributed by atoms with Gasteiger partial charge in [0.05, 0.1) is 28.9 Å². The number of carbonyl (C=O) groups is 1. The Bertz CT molecular complexity index is 1400. The van der Waals surface area contributed by atoms with Crippen molar-refractivity contribution in [2.45, 2.75) is 5.16 Å². The number of nitrogens with one attached hydrogen (secondary N) is 1. The predicted octanol–water partition coefficient (Wildman–Crippen LogP) is 2.44. The van der Waals surface area contributed by atoms with Gasteiger partial charge in [-0.25, -0.2) is 18.4 Å². The molecule has 5 rings (SSSR count). The molecule has 0 unspecified atom stereocenters. The molecule has 11 heteroatoms. The van der Waals surface area contributed by atoms with E-state index in [-0.39, 0.29) is 10.9 Å². The fourth-order valence-corrected chi connectivity index (χ4v) is 5.34. The van der Waals surface area contributed by atoms with Crippen LogP contribution in [0, 0.1) is 0 Å². The van der Waals surface area contributed by atoms with Gasteiger partial charge in [-0.3, -0.25) is 9.20 Å². The van der Waals surface area contributed by atoms with E-state index in [4.69, 9.17) is 4.74 Å². The molecule has 1 aliphatic rings. The average Bonchev–Trinajstić information content (AvgIpc) is 3.36. The third kappa shape index (κ3) is 3.75. The molecule has 160 valence electrons. The van der Waals surface area contributed by atoms with Crippen molar-refractivity contribution in [2.75, 3.05) is 42.8 Å². The monoisotopic (exact) mass is 457 g/mol. The van der Waals surface area contributed by atoms with Crippen molar-refractivity contribution in [3.05, 3.63) is 48.3 Å². The number of aromatic nitrogens is 3. The summed E-state index contributed by atoms with van der Waals surface area (Å²) in [4.78, 5) is 23.9. The molecule has 3 aromatic heterocycles. The Morgan fingerprint density at radius 2 is 1.97 bits per heavy atom. The van der Waals surface area contributed by atoms with Crippen LogP contribution in [-0.4, -0.2) is 61.3 Å². The van der Waals surface area contributed by atoms with Crippen molar-refractivity contribution in [2.24, 2.45) is 0 Å². The zero-order valence-electron chi connectivity index (χ0n) is 16.6. The van der Waals surface area contributed by atoms with Crippen molar-refractivity contribution in [1.29, 1.82) is 0 Å². The van der Waals surface area contributed by atoms with Crippen molar-refractivity contribution in [3.8, 4) is 0 Å². The van der Waals surface area contributed by atoms with Gasteiger partial charge in [-0.1, -0.05) is 17.4 Å². The number of benzene rings is 1. The lowest BCUT2D eigenvalue weighted by Gasteiger charge is -2.25. The number of ether oxygens (including phenoxy) is 1. The summed E-state index contributed by atoms with van der Waals surface area (Å²) >= 11 is 1.56. The van der Waals surface area contributed by atoms with Crippen LogP contribution >= 0.6 is 11.3 Å². The largest absolute Gasteiger partial charge is 0.378 e. The van der Waals surface area contributed by atoms with Crippen molar-refractivity contribution >= 4 is 53.6 Å². The molecule has 1 aromatic carbocycles. The molecular formula is C20H19N5O4S2. The summed E-state index contributed by atoms with van der Waals surface area (Å²) in [6.45, 7) is 2.98. The number of carbonyl (C=O) groups excluding carboxylic acids is 1. The van der Waals surface area contributed by atoms with Crippen LogP contribution in [0.3, 0.4) is 0 Å². The van der Waals surface area contributed by atoms with E-state index in [1.165, 1.54) is 4.40 Å². The maximum atomic E-state index is 12.9. The van der Waals surface area contributed by atoms with E-state index in [0.717, 1.165) is 34.7 Å². The Morgan fingerprint density at radius 1 is 1.16 bits per heavy atom. The Morgan fingerprint density at radius 3 is 2.74 bits per heavy atom. The van der Waals surface area contributed by atoms with Crippen molar-refractivity contribution in [3.63, 3.8) is 0 Å². The second-order valence-electron chi connectivity index (χ2n) is 7.20. The lowest BCUT2D eigenvalue weighted by molar-refractivity contribution is 0.102. The van der Waals surface area contributed by atoms with Crippen LogP contribution in [0.1, 0.15) is 10.5 Å². The Hall–Kier alpha value is -3.02. The highest BCUT2D eigenvalue weighted by molar-refractivity contribution is 7.90. The van der Waals surface area contributed by atoms with Crippen molar-refractivity contribution < 1.29 is 17.9 Å². The first-order valence-electron chi connectivity index (χ1n) is 9.62. The highest BCUT2D eigenvalue weighted by Gasteiger charge is 2.23. The third-order valence-electron chi connectivity index (χ3n) is 4.98.